The van der Waals surface area contributed by atoms with Crippen molar-refractivity contribution in [2.45, 2.75) is 12.1 Å². The molecule has 31 heavy (non-hydrogen) atoms. The molecule has 0 bridgehead atoms. The van der Waals surface area contributed by atoms with E-state index in [0.717, 1.165) is 28.4 Å². The molecule has 0 unspecified atom stereocenters. The monoisotopic (exact) mass is 406 g/mol. The molecular weight excluding hydrogens is 384 g/mol. The number of hydrogen-bond donors (Lipinski definition) is 1. The van der Waals surface area contributed by atoms with E-state index in [0.29, 0.717) is 5.95 Å². The minimum atomic E-state index is 0.138. The van der Waals surface area contributed by atoms with Crippen LogP contribution in [-0.4, -0.2) is 46.0 Å². The predicted molar refractivity (Wildman–Crippen MR) is 126 cm³/mol. The standard InChI is InChI=1S/C25H22N6/c1-31-23-15-9-8-14-20(23)27-24(31)17-26-30-25-28-21(18-10-4-2-5-11-18)16-22(29-25)19-12-6-3-7-13-19/h2-17,20,23H,1H3,(H,28,29,30)/b26-17-/t20-,23+/m1/s1. The van der Waals surface area contributed by atoms with Gasteiger partial charge in [0, 0.05) is 18.2 Å². The van der Waals surface area contributed by atoms with E-state index in [9.17, 15) is 0 Å². The van der Waals surface area contributed by atoms with Gasteiger partial charge >= 0.3 is 0 Å². The Bertz CT molecular complexity index is 1120. The molecule has 0 spiro atoms. The fraction of sp³-hybridized carbons (Fsp3) is 0.120. The van der Waals surface area contributed by atoms with Crippen molar-refractivity contribution in [3.05, 3.63) is 91.0 Å². The summed E-state index contributed by atoms with van der Waals surface area (Å²) in [5.41, 5.74) is 6.72. The van der Waals surface area contributed by atoms with Gasteiger partial charge in [-0.2, -0.15) is 5.10 Å². The van der Waals surface area contributed by atoms with E-state index >= 15 is 0 Å². The molecular formula is C25H22N6. The molecule has 3 aromatic rings. The van der Waals surface area contributed by atoms with Crippen molar-refractivity contribution in [3.8, 4) is 22.5 Å². The number of nitrogens with zero attached hydrogens (tertiary/aromatic N) is 5. The van der Waals surface area contributed by atoms with Gasteiger partial charge in [0.05, 0.1) is 29.7 Å². The molecule has 0 saturated heterocycles. The van der Waals surface area contributed by atoms with Crippen LogP contribution >= 0.6 is 0 Å². The summed E-state index contributed by atoms with van der Waals surface area (Å²) in [5.74, 6) is 1.26. The van der Waals surface area contributed by atoms with E-state index in [4.69, 9.17) is 4.99 Å². The molecule has 1 aliphatic heterocycles. The largest absolute Gasteiger partial charge is 0.350 e. The Morgan fingerprint density at radius 2 is 1.48 bits per heavy atom. The van der Waals surface area contributed by atoms with Crippen molar-refractivity contribution in [2.75, 3.05) is 12.5 Å². The molecule has 0 radical (unpaired) electrons. The van der Waals surface area contributed by atoms with Gasteiger partial charge in [0.15, 0.2) is 0 Å². The summed E-state index contributed by atoms with van der Waals surface area (Å²) in [6.45, 7) is 0. The number of amidine groups is 1. The fourth-order valence-corrected chi connectivity index (χ4v) is 3.74. The Morgan fingerprint density at radius 1 is 0.871 bits per heavy atom. The van der Waals surface area contributed by atoms with Crippen LogP contribution in [0.5, 0.6) is 0 Å². The van der Waals surface area contributed by atoms with E-state index in [2.05, 4.69) is 43.6 Å². The lowest BCUT2D eigenvalue weighted by atomic mass is 10.0. The Hall–Kier alpha value is -4.06. The van der Waals surface area contributed by atoms with Crippen LogP contribution in [0.15, 0.2) is 101 Å². The number of aliphatic imine (C=N–C) groups is 1. The topological polar surface area (TPSA) is 65.8 Å². The Labute approximate surface area is 181 Å². The van der Waals surface area contributed by atoms with Gasteiger partial charge in [-0.1, -0.05) is 85.0 Å². The highest BCUT2D eigenvalue weighted by atomic mass is 15.4. The minimum absolute atomic E-state index is 0.138. The van der Waals surface area contributed by atoms with Crippen LogP contribution in [0.2, 0.25) is 0 Å². The van der Waals surface area contributed by atoms with E-state index < -0.39 is 0 Å². The number of hydrazone groups is 1. The van der Waals surface area contributed by atoms with Gasteiger partial charge in [-0.15, -0.1) is 0 Å². The maximum Gasteiger partial charge on any atom is 0.244 e. The van der Waals surface area contributed by atoms with Crippen molar-refractivity contribution in [2.24, 2.45) is 10.1 Å². The molecule has 6 heteroatoms. The van der Waals surface area contributed by atoms with Crippen LogP contribution in [0.3, 0.4) is 0 Å². The summed E-state index contributed by atoms with van der Waals surface area (Å²) in [6.07, 6.45) is 10.1. The molecule has 152 valence electrons. The first-order valence-electron chi connectivity index (χ1n) is 10.2. The number of likely N-dealkylation sites (N-methyl/N-ethyl adjacent to an activating group) is 1. The summed E-state index contributed by atoms with van der Waals surface area (Å²) >= 11 is 0. The number of anilines is 1. The van der Waals surface area contributed by atoms with Crippen molar-refractivity contribution in [1.82, 2.24) is 14.9 Å². The van der Waals surface area contributed by atoms with Crippen LogP contribution in [0.1, 0.15) is 0 Å². The summed E-state index contributed by atoms with van der Waals surface area (Å²) in [5, 5.41) is 4.38. The molecule has 1 aromatic heterocycles. The maximum absolute atomic E-state index is 4.73. The smallest absolute Gasteiger partial charge is 0.244 e. The van der Waals surface area contributed by atoms with Crippen LogP contribution < -0.4 is 5.43 Å². The molecule has 1 aliphatic carbocycles. The predicted octanol–water partition coefficient (Wildman–Crippen LogP) is 4.42. The summed E-state index contributed by atoms with van der Waals surface area (Å²) in [7, 11) is 2.03. The first-order valence-corrected chi connectivity index (χ1v) is 10.2. The van der Waals surface area contributed by atoms with Crippen molar-refractivity contribution >= 4 is 18.0 Å². The minimum Gasteiger partial charge on any atom is -0.350 e. The van der Waals surface area contributed by atoms with Crippen LogP contribution in [0, 0.1) is 0 Å². The lowest BCUT2D eigenvalue weighted by Gasteiger charge is -2.22. The van der Waals surface area contributed by atoms with Crippen molar-refractivity contribution < 1.29 is 0 Å². The summed E-state index contributed by atoms with van der Waals surface area (Å²) in [4.78, 5) is 16.2. The zero-order valence-electron chi connectivity index (χ0n) is 17.1. The van der Waals surface area contributed by atoms with Gasteiger partial charge in [0.25, 0.3) is 0 Å². The summed E-state index contributed by atoms with van der Waals surface area (Å²) in [6, 6.07) is 22.5. The first kappa shape index (κ1) is 18.9. The van der Waals surface area contributed by atoms with E-state index in [-0.39, 0.29) is 12.1 Å². The number of rotatable bonds is 5. The summed E-state index contributed by atoms with van der Waals surface area (Å²) < 4.78 is 0. The average Bonchev–Trinajstić information content (AvgIpc) is 3.15. The molecule has 6 nitrogen and oxygen atoms in total. The molecule has 2 aromatic carbocycles. The SMILES string of the molecule is CN1C(/C=N\Nc2nc(-c3ccccc3)cc(-c3ccccc3)n2)=N[C@@H]2C=CC=C[C@@H]21. The molecule has 0 saturated carbocycles. The number of aromatic nitrogens is 2. The second kappa shape index (κ2) is 8.36. The van der Waals surface area contributed by atoms with Crippen molar-refractivity contribution in [1.29, 1.82) is 0 Å². The van der Waals surface area contributed by atoms with Crippen molar-refractivity contribution in [3.63, 3.8) is 0 Å². The zero-order valence-corrected chi connectivity index (χ0v) is 17.1. The van der Waals surface area contributed by atoms with Gasteiger partial charge in [-0.05, 0) is 6.07 Å². The Morgan fingerprint density at radius 3 is 2.10 bits per heavy atom. The lowest BCUT2D eigenvalue weighted by Crippen LogP contribution is -2.35. The van der Waals surface area contributed by atoms with Gasteiger partial charge in [-0.3, -0.25) is 4.99 Å². The molecule has 2 heterocycles. The van der Waals surface area contributed by atoms with Gasteiger partial charge in [0.1, 0.15) is 5.84 Å². The normalized spacial score (nSPS) is 19.5. The third-order valence-electron chi connectivity index (χ3n) is 5.38. The molecule has 0 amide bonds. The highest BCUT2D eigenvalue weighted by Crippen LogP contribution is 2.25. The molecule has 1 N–H and O–H groups in total. The quantitative estimate of drug-likeness (QED) is 0.503. The Kier molecular flexibility index (Phi) is 5.10. The van der Waals surface area contributed by atoms with Gasteiger partial charge in [-0.25, -0.2) is 15.4 Å². The van der Waals surface area contributed by atoms with Crippen LogP contribution in [-0.2, 0) is 0 Å². The number of benzene rings is 2. The fourth-order valence-electron chi connectivity index (χ4n) is 3.74. The highest BCUT2D eigenvalue weighted by Gasteiger charge is 2.30. The number of allylic oxidation sites excluding steroid dienone is 2. The third kappa shape index (κ3) is 4.00. The molecule has 2 aliphatic rings. The number of fused-ring (bicyclic) bond motifs is 1. The zero-order chi connectivity index (χ0) is 21.0. The van der Waals surface area contributed by atoms with Gasteiger partial charge < -0.3 is 4.90 Å². The van der Waals surface area contributed by atoms with Crippen LogP contribution in [0.4, 0.5) is 5.95 Å². The van der Waals surface area contributed by atoms with Gasteiger partial charge in [0.2, 0.25) is 5.95 Å². The number of hydrogen-bond acceptors (Lipinski definition) is 6. The first-order chi connectivity index (χ1) is 15.3. The Balaban J connectivity index is 1.43. The average molecular weight is 406 g/mol. The van der Waals surface area contributed by atoms with E-state index in [1.165, 1.54) is 0 Å². The van der Waals surface area contributed by atoms with E-state index in [1.807, 2.05) is 79.9 Å². The molecule has 2 atom stereocenters. The van der Waals surface area contributed by atoms with E-state index in [1.54, 1.807) is 6.21 Å². The second-order valence-electron chi connectivity index (χ2n) is 7.41. The maximum atomic E-state index is 4.73. The lowest BCUT2D eigenvalue weighted by molar-refractivity contribution is 0.440. The highest BCUT2D eigenvalue weighted by molar-refractivity contribution is 6.30. The molecule has 0 fully saturated rings. The second-order valence-corrected chi connectivity index (χ2v) is 7.41. The van der Waals surface area contributed by atoms with Crippen LogP contribution in [0.25, 0.3) is 22.5 Å². The molecule has 5 rings (SSSR count). The number of nitrogens with one attached hydrogen (secondary N) is 1. The third-order valence-corrected chi connectivity index (χ3v) is 5.38.